The van der Waals surface area contributed by atoms with E-state index < -0.39 is 0 Å². The van der Waals surface area contributed by atoms with Gasteiger partial charge in [0, 0.05) is 18.3 Å². The largest absolute Gasteiger partial charge is 0.366 e. The monoisotopic (exact) mass is 315 g/mol. The van der Waals surface area contributed by atoms with E-state index >= 15 is 0 Å². The van der Waals surface area contributed by atoms with Crippen LogP contribution in [0.1, 0.15) is 16.7 Å². The summed E-state index contributed by atoms with van der Waals surface area (Å²) in [6.07, 6.45) is 1.51. The molecule has 3 aromatic rings. The maximum Gasteiger partial charge on any atom is 0.135 e. The zero-order chi connectivity index (χ0) is 16.8. The number of nitriles is 1. The molecule has 0 atom stereocenters. The number of nitrogens with one attached hydrogen (secondary N) is 2. The van der Waals surface area contributed by atoms with E-state index in [9.17, 15) is 0 Å². The molecule has 0 saturated carbocycles. The van der Waals surface area contributed by atoms with E-state index in [-0.39, 0.29) is 0 Å². The van der Waals surface area contributed by atoms with Crippen LogP contribution in [-0.2, 0) is 6.54 Å². The minimum absolute atomic E-state index is 0.604. The zero-order valence-electron chi connectivity index (χ0n) is 13.3. The molecular weight excluding hydrogens is 298 g/mol. The van der Waals surface area contributed by atoms with Gasteiger partial charge in [0.25, 0.3) is 0 Å². The first-order valence-electron chi connectivity index (χ1n) is 7.62. The lowest BCUT2D eigenvalue weighted by molar-refractivity contribution is 1.07. The molecule has 118 valence electrons. The van der Waals surface area contributed by atoms with Crippen LogP contribution in [0.4, 0.5) is 17.3 Å². The van der Waals surface area contributed by atoms with E-state index in [4.69, 9.17) is 5.26 Å². The molecule has 0 bridgehead atoms. The van der Waals surface area contributed by atoms with Gasteiger partial charge in [-0.05, 0) is 36.2 Å². The van der Waals surface area contributed by atoms with Crippen LogP contribution >= 0.6 is 0 Å². The van der Waals surface area contributed by atoms with Crippen molar-refractivity contribution in [1.82, 2.24) is 9.97 Å². The van der Waals surface area contributed by atoms with E-state index in [2.05, 4.69) is 45.7 Å². The van der Waals surface area contributed by atoms with Crippen LogP contribution < -0.4 is 10.6 Å². The first kappa shape index (κ1) is 15.5. The first-order valence-corrected chi connectivity index (χ1v) is 7.62. The second-order valence-electron chi connectivity index (χ2n) is 5.39. The third-order valence-corrected chi connectivity index (χ3v) is 3.65. The fourth-order valence-electron chi connectivity index (χ4n) is 2.33. The Labute approximate surface area is 141 Å². The molecule has 0 aliphatic carbocycles. The molecule has 24 heavy (non-hydrogen) atoms. The van der Waals surface area contributed by atoms with Crippen LogP contribution in [0.2, 0.25) is 0 Å². The second kappa shape index (κ2) is 7.25. The minimum Gasteiger partial charge on any atom is -0.366 e. The van der Waals surface area contributed by atoms with Crippen molar-refractivity contribution in [1.29, 1.82) is 5.26 Å². The van der Waals surface area contributed by atoms with E-state index in [1.807, 2.05) is 30.3 Å². The Morgan fingerprint density at radius 3 is 2.67 bits per heavy atom. The molecule has 2 aromatic carbocycles. The van der Waals surface area contributed by atoms with Crippen LogP contribution in [0, 0.1) is 18.3 Å². The van der Waals surface area contributed by atoms with E-state index in [0.29, 0.717) is 17.9 Å². The number of rotatable bonds is 5. The van der Waals surface area contributed by atoms with Gasteiger partial charge in [0.1, 0.15) is 18.0 Å². The van der Waals surface area contributed by atoms with Crippen molar-refractivity contribution in [3.8, 4) is 6.07 Å². The SMILES string of the molecule is Cc1ccccc1CNc1cc(Nc2cccc(C#N)c2)ncn1. The highest BCUT2D eigenvalue weighted by atomic mass is 15.1. The van der Waals surface area contributed by atoms with Gasteiger partial charge in [0.15, 0.2) is 0 Å². The summed E-state index contributed by atoms with van der Waals surface area (Å²) in [7, 11) is 0. The van der Waals surface area contributed by atoms with Gasteiger partial charge >= 0.3 is 0 Å². The Kier molecular flexibility index (Phi) is 4.68. The molecule has 1 heterocycles. The predicted octanol–water partition coefficient (Wildman–Crippen LogP) is 4.01. The molecule has 0 aliphatic heterocycles. The van der Waals surface area contributed by atoms with E-state index in [1.54, 1.807) is 12.1 Å². The second-order valence-corrected chi connectivity index (χ2v) is 5.39. The van der Waals surface area contributed by atoms with E-state index in [0.717, 1.165) is 11.5 Å². The predicted molar refractivity (Wildman–Crippen MR) is 95.0 cm³/mol. The third kappa shape index (κ3) is 3.87. The summed E-state index contributed by atoms with van der Waals surface area (Å²) in [6, 6.07) is 19.5. The number of hydrogen-bond acceptors (Lipinski definition) is 5. The molecule has 3 rings (SSSR count). The highest BCUT2D eigenvalue weighted by molar-refractivity contribution is 5.60. The lowest BCUT2D eigenvalue weighted by Crippen LogP contribution is -2.04. The van der Waals surface area contributed by atoms with Gasteiger partial charge in [0.05, 0.1) is 11.6 Å². The van der Waals surface area contributed by atoms with Crippen molar-refractivity contribution >= 4 is 17.3 Å². The summed E-state index contributed by atoms with van der Waals surface area (Å²) in [6.45, 7) is 2.79. The van der Waals surface area contributed by atoms with Gasteiger partial charge in [-0.15, -0.1) is 0 Å². The molecular formula is C19H17N5. The van der Waals surface area contributed by atoms with Crippen molar-refractivity contribution < 1.29 is 0 Å². The maximum absolute atomic E-state index is 8.96. The molecule has 0 saturated heterocycles. The molecule has 5 heteroatoms. The summed E-state index contributed by atoms with van der Waals surface area (Å²) in [5, 5.41) is 15.5. The lowest BCUT2D eigenvalue weighted by Gasteiger charge is -2.10. The highest BCUT2D eigenvalue weighted by Crippen LogP contribution is 2.18. The van der Waals surface area contributed by atoms with Crippen molar-refractivity contribution in [2.75, 3.05) is 10.6 Å². The van der Waals surface area contributed by atoms with Crippen LogP contribution in [-0.4, -0.2) is 9.97 Å². The van der Waals surface area contributed by atoms with Gasteiger partial charge in [-0.1, -0.05) is 30.3 Å². The van der Waals surface area contributed by atoms with Gasteiger partial charge in [0.2, 0.25) is 0 Å². The Bertz CT molecular complexity index is 883. The number of anilines is 3. The average Bonchev–Trinajstić information content (AvgIpc) is 2.61. The minimum atomic E-state index is 0.604. The van der Waals surface area contributed by atoms with Crippen molar-refractivity contribution in [2.24, 2.45) is 0 Å². The van der Waals surface area contributed by atoms with Gasteiger partial charge in [-0.3, -0.25) is 0 Å². The quantitative estimate of drug-likeness (QED) is 0.744. The topological polar surface area (TPSA) is 73.6 Å². The number of benzene rings is 2. The van der Waals surface area contributed by atoms with Crippen LogP contribution in [0.3, 0.4) is 0 Å². The van der Waals surface area contributed by atoms with Crippen LogP contribution in [0.15, 0.2) is 60.9 Å². The summed E-state index contributed by atoms with van der Waals surface area (Å²) in [4.78, 5) is 8.46. The van der Waals surface area contributed by atoms with Crippen molar-refractivity contribution in [3.63, 3.8) is 0 Å². The lowest BCUT2D eigenvalue weighted by atomic mass is 10.1. The summed E-state index contributed by atoms with van der Waals surface area (Å²) in [5.74, 6) is 1.42. The van der Waals surface area contributed by atoms with Gasteiger partial charge in [-0.2, -0.15) is 5.26 Å². The summed E-state index contributed by atoms with van der Waals surface area (Å²) >= 11 is 0. The average molecular weight is 315 g/mol. The summed E-state index contributed by atoms with van der Waals surface area (Å²) < 4.78 is 0. The molecule has 0 unspecified atom stereocenters. The number of aromatic nitrogens is 2. The summed E-state index contributed by atoms with van der Waals surface area (Å²) in [5.41, 5.74) is 3.89. The Hall–Kier alpha value is -3.39. The fraction of sp³-hybridized carbons (Fsp3) is 0.105. The molecule has 0 fully saturated rings. The fourth-order valence-corrected chi connectivity index (χ4v) is 2.33. The molecule has 5 nitrogen and oxygen atoms in total. The highest BCUT2D eigenvalue weighted by Gasteiger charge is 2.02. The number of hydrogen-bond donors (Lipinski definition) is 2. The molecule has 0 spiro atoms. The van der Waals surface area contributed by atoms with Crippen LogP contribution in [0.5, 0.6) is 0 Å². The third-order valence-electron chi connectivity index (χ3n) is 3.65. The Balaban J connectivity index is 1.70. The zero-order valence-corrected chi connectivity index (χ0v) is 13.3. The van der Waals surface area contributed by atoms with Gasteiger partial charge < -0.3 is 10.6 Å². The Morgan fingerprint density at radius 2 is 1.83 bits per heavy atom. The van der Waals surface area contributed by atoms with Crippen molar-refractivity contribution in [2.45, 2.75) is 13.5 Å². The van der Waals surface area contributed by atoms with E-state index in [1.165, 1.54) is 17.5 Å². The molecule has 0 amide bonds. The smallest absolute Gasteiger partial charge is 0.135 e. The molecule has 2 N–H and O–H groups in total. The first-order chi connectivity index (χ1) is 11.7. The van der Waals surface area contributed by atoms with Crippen molar-refractivity contribution in [3.05, 3.63) is 77.6 Å². The van der Waals surface area contributed by atoms with Gasteiger partial charge in [-0.25, -0.2) is 9.97 Å². The Morgan fingerprint density at radius 1 is 1.00 bits per heavy atom. The number of aryl methyl sites for hydroxylation is 1. The van der Waals surface area contributed by atoms with Crippen LogP contribution in [0.25, 0.3) is 0 Å². The number of nitrogens with zero attached hydrogens (tertiary/aromatic N) is 3. The molecule has 1 aromatic heterocycles. The molecule has 0 aliphatic rings. The maximum atomic E-state index is 8.96. The molecule has 0 radical (unpaired) electrons. The standard InChI is InChI=1S/C19H17N5/c1-14-5-2-3-7-16(14)12-21-18-10-19(23-13-22-18)24-17-8-4-6-15(9-17)11-20/h2-10,13H,12H2,1H3,(H2,21,22,23,24). The normalized spacial score (nSPS) is 10.0.